The summed E-state index contributed by atoms with van der Waals surface area (Å²) in [6, 6.07) is 6.79. The number of hydrogen-bond donors (Lipinski definition) is 3. The predicted octanol–water partition coefficient (Wildman–Crippen LogP) is 2.28. The number of hydrogen-bond acceptors (Lipinski definition) is 3. The van der Waals surface area contributed by atoms with Crippen molar-refractivity contribution in [1.82, 2.24) is 5.32 Å². The second-order valence-corrected chi connectivity index (χ2v) is 6.04. The van der Waals surface area contributed by atoms with Crippen LogP contribution in [0.4, 0.5) is 5.69 Å². The average Bonchev–Trinajstić information content (AvgIpc) is 2.47. The molecule has 1 aromatic rings. The van der Waals surface area contributed by atoms with Gasteiger partial charge in [-0.15, -0.1) is 0 Å². The van der Waals surface area contributed by atoms with Gasteiger partial charge in [-0.25, -0.2) is 0 Å². The number of rotatable bonds is 4. The third-order valence-corrected chi connectivity index (χ3v) is 4.48. The number of carbonyl (C=O) groups is 2. The van der Waals surface area contributed by atoms with Gasteiger partial charge >= 0.3 is 5.97 Å². The highest BCUT2D eigenvalue weighted by atomic mass is 16.4. The van der Waals surface area contributed by atoms with E-state index in [-0.39, 0.29) is 12.5 Å². The van der Waals surface area contributed by atoms with Gasteiger partial charge in [0, 0.05) is 12.2 Å². The highest BCUT2D eigenvalue weighted by molar-refractivity contribution is 5.99. The Kier molecular flexibility index (Phi) is 4.50. The van der Waals surface area contributed by atoms with Crippen LogP contribution in [0.5, 0.6) is 0 Å². The van der Waals surface area contributed by atoms with Crippen LogP contribution < -0.4 is 11.1 Å². The summed E-state index contributed by atoms with van der Waals surface area (Å²) in [4.78, 5) is 23.8. The van der Waals surface area contributed by atoms with E-state index in [1.807, 2.05) is 0 Å². The Balaban J connectivity index is 2.04. The van der Waals surface area contributed by atoms with Crippen LogP contribution in [0.15, 0.2) is 24.3 Å². The highest BCUT2D eigenvalue weighted by Gasteiger charge is 2.41. The second kappa shape index (κ2) is 6.16. The molecule has 4 N–H and O–H groups in total. The average molecular weight is 290 g/mol. The Labute approximate surface area is 124 Å². The first-order valence-corrected chi connectivity index (χ1v) is 7.31. The lowest BCUT2D eigenvalue weighted by atomic mass is 9.71. The predicted molar refractivity (Wildman–Crippen MR) is 80.9 cm³/mol. The maximum absolute atomic E-state index is 12.2. The quantitative estimate of drug-likeness (QED) is 0.742. The molecule has 2 rings (SSSR count). The summed E-state index contributed by atoms with van der Waals surface area (Å²) in [7, 11) is 0. The first-order chi connectivity index (χ1) is 9.94. The fraction of sp³-hybridized carbons (Fsp3) is 0.500. The molecule has 0 unspecified atom stereocenters. The summed E-state index contributed by atoms with van der Waals surface area (Å²) in [6.45, 7) is 2.29. The van der Waals surface area contributed by atoms with E-state index in [4.69, 9.17) is 5.73 Å². The summed E-state index contributed by atoms with van der Waals surface area (Å²) >= 11 is 0. The summed E-state index contributed by atoms with van der Waals surface area (Å²) in [6.07, 6.45) is 2.98. The van der Waals surface area contributed by atoms with Gasteiger partial charge in [0.15, 0.2) is 0 Å². The summed E-state index contributed by atoms with van der Waals surface area (Å²) in [5.41, 5.74) is 5.71. The standard InChI is InChI=1S/C16H22N2O3/c1-11-6-8-16(9-7-11,15(20)21)10-18-14(19)12-4-2-3-5-13(12)17/h2-5,11H,6-10,17H2,1H3,(H,18,19)(H,20,21). The van der Waals surface area contributed by atoms with E-state index < -0.39 is 11.4 Å². The molecule has 1 aliphatic rings. The van der Waals surface area contributed by atoms with E-state index in [1.165, 1.54) is 0 Å². The minimum atomic E-state index is -0.842. The number of nitrogens with two attached hydrogens (primary N) is 1. The summed E-state index contributed by atoms with van der Waals surface area (Å²) in [5, 5.41) is 12.3. The van der Waals surface area contributed by atoms with E-state index in [9.17, 15) is 14.7 Å². The van der Waals surface area contributed by atoms with Gasteiger partial charge in [0.25, 0.3) is 5.91 Å². The van der Waals surface area contributed by atoms with Crippen LogP contribution in [0.2, 0.25) is 0 Å². The monoisotopic (exact) mass is 290 g/mol. The molecule has 21 heavy (non-hydrogen) atoms. The molecule has 1 saturated carbocycles. The van der Waals surface area contributed by atoms with Gasteiger partial charge in [-0.1, -0.05) is 19.1 Å². The lowest BCUT2D eigenvalue weighted by Crippen LogP contribution is -2.45. The van der Waals surface area contributed by atoms with Crippen LogP contribution in [0, 0.1) is 11.3 Å². The van der Waals surface area contributed by atoms with Gasteiger partial charge < -0.3 is 16.2 Å². The second-order valence-electron chi connectivity index (χ2n) is 6.04. The van der Waals surface area contributed by atoms with Crippen molar-refractivity contribution in [2.75, 3.05) is 12.3 Å². The first-order valence-electron chi connectivity index (χ1n) is 7.31. The van der Waals surface area contributed by atoms with E-state index in [0.29, 0.717) is 30.0 Å². The number of nitrogen functional groups attached to an aromatic ring is 1. The summed E-state index contributed by atoms with van der Waals surface area (Å²) < 4.78 is 0. The molecule has 1 fully saturated rings. The number of carboxylic acid groups (broad SMARTS) is 1. The Morgan fingerprint density at radius 2 is 1.95 bits per heavy atom. The van der Waals surface area contributed by atoms with Crippen molar-refractivity contribution in [2.24, 2.45) is 11.3 Å². The molecule has 0 aliphatic heterocycles. The lowest BCUT2D eigenvalue weighted by Gasteiger charge is -2.35. The number of benzene rings is 1. The van der Waals surface area contributed by atoms with Crippen LogP contribution in [-0.2, 0) is 4.79 Å². The number of nitrogens with one attached hydrogen (secondary N) is 1. The number of aliphatic carboxylic acids is 1. The smallest absolute Gasteiger partial charge is 0.311 e. The Morgan fingerprint density at radius 3 is 2.52 bits per heavy atom. The number of anilines is 1. The van der Waals surface area contributed by atoms with Gasteiger partial charge in [0.2, 0.25) is 0 Å². The fourth-order valence-electron chi connectivity index (χ4n) is 2.83. The molecule has 0 bridgehead atoms. The van der Waals surface area contributed by atoms with E-state index in [2.05, 4.69) is 12.2 Å². The highest BCUT2D eigenvalue weighted by Crippen LogP contribution is 2.38. The molecule has 0 spiro atoms. The van der Waals surface area contributed by atoms with Crippen LogP contribution in [0.1, 0.15) is 43.0 Å². The zero-order chi connectivity index (χ0) is 15.5. The maximum Gasteiger partial charge on any atom is 0.311 e. The van der Waals surface area contributed by atoms with Crippen molar-refractivity contribution in [2.45, 2.75) is 32.6 Å². The maximum atomic E-state index is 12.2. The number of para-hydroxylation sites is 1. The van der Waals surface area contributed by atoms with Crippen LogP contribution >= 0.6 is 0 Å². The van der Waals surface area contributed by atoms with Crippen molar-refractivity contribution in [3.8, 4) is 0 Å². The van der Waals surface area contributed by atoms with Crippen molar-refractivity contribution in [3.63, 3.8) is 0 Å². The molecule has 114 valence electrons. The SMILES string of the molecule is CC1CCC(CNC(=O)c2ccccc2N)(C(=O)O)CC1. The number of carbonyl (C=O) groups excluding carboxylic acids is 1. The van der Waals surface area contributed by atoms with Gasteiger partial charge in [0.1, 0.15) is 0 Å². The normalized spacial score (nSPS) is 25.3. The van der Waals surface area contributed by atoms with Crippen LogP contribution in [0.3, 0.4) is 0 Å². The Bertz CT molecular complexity index is 534. The van der Waals surface area contributed by atoms with Crippen LogP contribution in [0.25, 0.3) is 0 Å². The van der Waals surface area contributed by atoms with E-state index >= 15 is 0 Å². The topological polar surface area (TPSA) is 92.4 Å². The molecule has 1 aliphatic carbocycles. The molecule has 0 saturated heterocycles. The molecule has 5 nitrogen and oxygen atoms in total. The molecule has 5 heteroatoms. The molecule has 0 aromatic heterocycles. The van der Waals surface area contributed by atoms with Crippen molar-refractivity contribution >= 4 is 17.6 Å². The van der Waals surface area contributed by atoms with E-state index in [0.717, 1.165) is 12.8 Å². The zero-order valence-corrected chi connectivity index (χ0v) is 12.3. The fourth-order valence-corrected chi connectivity index (χ4v) is 2.83. The van der Waals surface area contributed by atoms with Crippen molar-refractivity contribution < 1.29 is 14.7 Å². The van der Waals surface area contributed by atoms with Gasteiger partial charge in [-0.3, -0.25) is 9.59 Å². The first kappa shape index (κ1) is 15.4. The molecular formula is C16H22N2O3. The van der Waals surface area contributed by atoms with Crippen LogP contribution in [-0.4, -0.2) is 23.5 Å². The Hall–Kier alpha value is -2.04. The number of carboxylic acids is 1. The van der Waals surface area contributed by atoms with Gasteiger partial charge in [-0.05, 0) is 43.7 Å². The molecule has 0 atom stereocenters. The zero-order valence-electron chi connectivity index (χ0n) is 12.3. The lowest BCUT2D eigenvalue weighted by molar-refractivity contribution is -0.151. The van der Waals surface area contributed by atoms with Crippen molar-refractivity contribution in [3.05, 3.63) is 29.8 Å². The minimum absolute atomic E-state index is 0.155. The van der Waals surface area contributed by atoms with Gasteiger partial charge in [0.05, 0.1) is 11.0 Å². The van der Waals surface area contributed by atoms with E-state index in [1.54, 1.807) is 24.3 Å². The molecule has 0 radical (unpaired) electrons. The molecule has 1 amide bonds. The third-order valence-electron chi connectivity index (χ3n) is 4.48. The summed E-state index contributed by atoms with van der Waals surface area (Å²) in [5.74, 6) is -0.582. The third kappa shape index (κ3) is 3.35. The molecular weight excluding hydrogens is 268 g/mol. The van der Waals surface area contributed by atoms with Gasteiger partial charge in [-0.2, -0.15) is 0 Å². The molecule has 1 aromatic carbocycles. The number of amides is 1. The molecule has 0 heterocycles. The van der Waals surface area contributed by atoms with Crippen molar-refractivity contribution in [1.29, 1.82) is 0 Å². The largest absolute Gasteiger partial charge is 0.481 e. The minimum Gasteiger partial charge on any atom is -0.481 e. The Morgan fingerprint density at radius 1 is 1.33 bits per heavy atom.